The van der Waals surface area contributed by atoms with E-state index in [4.69, 9.17) is 0 Å². The third-order valence-electron chi connectivity index (χ3n) is 4.03. The first kappa shape index (κ1) is 18.6. The van der Waals surface area contributed by atoms with Crippen molar-refractivity contribution in [1.29, 1.82) is 0 Å². The highest BCUT2D eigenvalue weighted by molar-refractivity contribution is 5.74. The Bertz CT molecular complexity index is 914. The molecule has 0 bridgehead atoms. The van der Waals surface area contributed by atoms with Gasteiger partial charge >= 0.3 is 12.6 Å². The summed E-state index contributed by atoms with van der Waals surface area (Å²) in [4.78, 5) is 12.3. The van der Waals surface area contributed by atoms with Crippen LogP contribution in [-0.4, -0.2) is 27.2 Å². The first-order valence-corrected chi connectivity index (χ1v) is 8.35. The molecule has 0 aliphatic carbocycles. The number of nitrogens with zero attached hydrogens (tertiary/aromatic N) is 3. The molecule has 142 valence electrons. The van der Waals surface area contributed by atoms with Crippen LogP contribution in [0.25, 0.3) is 5.65 Å². The SMILES string of the molecule is CC(NC(=O)NC(C)c1nnc2ccccn12)c1ccc(OC(F)F)cc1. The number of carbonyl (C=O) groups is 1. The molecule has 0 aliphatic heterocycles. The Balaban J connectivity index is 1.59. The van der Waals surface area contributed by atoms with E-state index < -0.39 is 6.61 Å². The van der Waals surface area contributed by atoms with Crippen molar-refractivity contribution in [2.45, 2.75) is 32.5 Å². The number of hydrogen-bond donors (Lipinski definition) is 2. The van der Waals surface area contributed by atoms with E-state index in [2.05, 4.69) is 25.6 Å². The van der Waals surface area contributed by atoms with E-state index in [0.717, 1.165) is 5.56 Å². The number of urea groups is 1. The molecule has 0 radical (unpaired) electrons. The van der Waals surface area contributed by atoms with Crippen molar-refractivity contribution in [2.75, 3.05) is 0 Å². The van der Waals surface area contributed by atoms with E-state index in [1.165, 1.54) is 12.1 Å². The summed E-state index contributed by atoms with van der Waals surface area (Å²) in [6, 6.07) is 10.6. The van der Waals surface area contributed by atoms with Crippen LogP contribution in [0.5, 0.6) is 5.75 Å². The van der Waals surface area contributed by atoms with Gasteiger partial charge in [0.1, 0.15) is 5.75 Å². The number of carbonyl (C=O) groups excluding carboxylic acids is 1. The van der Waals surface area contributed by atoms with Crippen molar-refractivity contribution in [3.05, 3.63) is 60.0 Å². The maximum atomic E-state index is 12.3. The van der Waals surface area contributed by atoms with E-state index in [0.29, 0.717) is 11.5 Å². The Morgan fingerprint density at radius 3 is 2.44 bits per heavy atom. The standard InChI is InChI=1S/C18H19F2N5O2/c1-11(13-6-8-14(9-7-13)27-17(19)20)21-18(26)22-12(2)16-24-23-15-5-3-4-10-25(15)16/h3-12,17H,1-2H3,(H2,21,22,26). The zero-order valence-corrected chi connectivity index (χ0v) is 14.8. The number of fused-ring (bicyclic) bond motifs is 1. The molecule has 7 nitrogen and oxygen atoms in total. The monoisotopic (exact) mass is 375 g/mol. The van der Waals surface area contributed by atoms with Crippen molar-refractivity contribution in [3.63, 3.8) is 0 Å². The number of halogens is 2. The van der Waals surface area contributed by atoms with Crippen molar-refractivity contribution in [1.82, 2.24) is 25.2 Å². The van der Waals surface area contributed by atoms with Crippen LogP contribution in [0, 0.1) is 0 Å². The summed E-state index contributed by atoms with van der Waals surface area (Å²) in [5.41, 5.74) is 1.45. The molecule has 2 N–H and O–H groups in total. The quantitative estimate of drug-likeness (QED) is 0.692. The van der Waals surface area contributed by atoms with Crippen LogP contribution in [0.2, 0.25) is 0 Å². The fourth-order valence-corrected chi connectivity index (χ4v) is 2.68. The molecule has 0 aliphatic rings. The van der Waals surface area contributed by atoms with Crippen molar-refractivity contribution >= 4 is 11.7 Å². The van der Waals surface area contributed by atoms with Gasteiger partial charge in [-0.05, 0) is 43.7 Å². The third kappa shape index (κ3) is 4.49. The average molecular weight is 375 g/mol. The highest BCUT2D eigenvalue weighted by Crippen LogP contribution is 2.19. The Morgan fingerprint density at radius 1 is 1.04 bits per heavy atom. The second kappa shape index (κ2) is 7.98. The summed E-state index contributed by atoms with van der Waals surface area (Å²) in [5, 5.41) is 13.8. The minimum atomic E-state index is -2.87. The lowest BCUT2D eigenvalue weighted by molar-refractivity contribution is -0.0498. The van der Waals surface area contributed by atoms with Gasteiger partial charge in [-0.3, -0.25) is 4.40 Å². The molecule has 0 spiro atoms. The lowest BCUT2D eigenvalue weighted by atomic mass is 10.1. The van der Waals surface area contributed by atoms with Crippen LogP contribution < -0.4 is 15.4 Å². The normalized spacial score (nSPS) is 13.4. The number of amides is 2. The van der Waals surface area contributed by atoms with Crippen LogP contribution in [0.1, 0.15) is 37.3 Å². The highest BCUT2D eigenvalue weighted by atomic mass is 19.3. The van der Waals surface area contributed by atoms with Gasteiger partial charge in [0, 0.05) is 6.20 Å². The van der Waals surface area contributed by atoms with Crippen molar-refractivity contribution in [3.8, 4) is 5.75 Å². The number of alkyl halides is 2. The second-order valence-corrected chi connectivity index (χ2v) is 6.00. The smallest absolute Gasteiger partial charge is 0.387 e. The summed E-state index contributed by atoms with van der Waals surface area (Å²) in [6.45, 7) is 0.732. The van der Waals surface area contributed by atoms with Gasteiger partial charge in [-0.25, -0.2) is 4.79 Å². The molecule has 0 saturated carbocycles. The van der Waals surface area contributed by atoms with E-state index in [1.54, 1.807) is 23.5 Å². The third-order valence-corrected chi connectivity index (χ3v) is 4.03. The first-order valence-electron chi connectivity index (χ1n) is 8.35. The summed E-state index contributed by atoms with van der Waals surface area (Å²) < 4.78 is 30.5. The summed E-state index contributed by atoms with van der Waals surface area (Å²) in [6.07, 6.45) is 1.83. The molecule has 27 heavy (non-hydrogen) atoms. The van der Waals surface area contributed by atoms with Gasteiger partial charge < -0.3 is 15.4 Å². The van der Waals surface area contributed by atoms with Gasteiger partial charge in [0.15, 0.2) is 11.5 Å². The van der Waals surface area contributed by atoms with Crippen LogP contribution in [0.15, 0.2) is 48.7 Å². The molecule has 2 unspecified atom stereocenters. The largest absolute Gasteiger partial charge is 0.435 e. The fourth-order valence-electron chi connectivity index (χ4n) is 2.68. The van der Waals surface area contributed by atoms with E-state index in [9.17, 15) is 13.6 Å². The highest BCUT2D eigenvalue weighted by Gasteiger charge is 2.17. The van der Waals surface area contributed by atoms with Gasteiger partial charge in [-0.2, -0.15) is 8.78 Å². The molecule has 1 aromatic carbocycles. The Kier molecular flexibility index (Phi) is 5.49. The maximum absolute atomic E-state index is 12.3. The summed E-state index contributed by atoms with van der Waals surface area (Å²) in [7, 11) is 0. The van der Waals surface area contributed by atoms with Gasteiger partial charge in [0.25, 0.3) is 0 Å². The van der Waals surface area contributed by atoms with Crippen LogP contribution in [0.3, 0.4) is 0 Å². The van der Waals surface area contributed by atoms with E-state index in [1.807, 2.05) is 31.3 Å². The Hall–Kier alpha value is -3.23. The number of aromatic nitrogens is 3. The van der Waals surface area contributed by atoms with Crippen LogP contribution in [-0.2, 0) is 0 Å². The number of nitrogens with one attached hydrogen (secondary N) is 2. The minimum Gasteiger partial charge on any atom is -0.435 e. The van der Waals surface area contributed by atoms with Gasteiger partial charge in [-0.1, -0.05) is 18.2 Å². The maximum Gasteiger partial charge on any atom is 0.387 e. The van der Waals surface area contributed by atoms with Gasteiger partial charge in [0.2, 0.25) is 0 Å². The molecule has 2 heterocycles. The average Bonchev–Trinajstić information content (AvgIpc) is 3.06. The van der Waals surface area contributed by atoms with Gasteiger partial charge in [0.05, 0.1) is 12.1 Å². The van der Waals surface area contributed by atoms with Crippen molar-refractivity contribution < 1.29 is 18.3 Å². The Morgan fingerprint density at radius 2 is 1.74 bits per heavy atom. The number of pyridine rings is 1. The topological polar surface area (TPSA) is 80.5 Å². The van der Waals surface area contributed by atoms with E-state index in [-0.39, 0.29) is 23.9 Å². The zero-order chi connectivity index (χ0) is 19.4. The van der Waals surface area contributed by atoms with E-state index >= 15 is 0 Å². The molecule has 2 atom stereocenters. The predicted octanol–water partition coefficient (Wildman–Crippen LogP) is 3.45. The molecule has 3 aromatic rings. The number of ether oxygens (including phenoxy) is 1. The lowest BCUT2D eigenvalue weighted by Gasteiger charge is -2.18. The Labute approximate surface area is 154 Å². The molecular formula is C18H19F2N5O2. The molecule has 2 amide bonds. The number of benzene rings is 1. The number of hydrogen-bond acceptors (Lipinski definition) is 4. The molecule has 9 heteroatoms. The molecular weight excluding hydrogens is 356 g/mol. The fraction of sp³-hybridized carbons (Fsp3) is 0.278. The lowest BCUT2D eigenvalue weighted by Crippen LogP contribution is -2.38. The molecule has 0 saturated heterocycles. The second-order valence-electron chi connectivity index (χ2n) is 6.00. The minimum absolute atomic E-state index is 0.0673. The van der Waals surface area contributed by atoms with Crippen LogP contribution >= 0.6 is 0 Å². The van der Waals surface area contributed by atoms with Crippen molar-refractivity contribution in [2.24, 2.45) is 0 Å². The van der Waals surface area contributed by atoms with Crippen LogP contribution in [0.4, 0.5) is 13.6 Å². The summed E-state index contributed by atoms with van der Waals surface area (Å²) in [5.74, 6) is 0.680. The molecule has 3 rings (SSSR count). The molecule has 2 aromatic heterocycles. The summed E-state index contributed by atoms with van der Waals surface area (Å²) >= 11 is 0. The zero-order valence-electron chi connectivity index (χ0n) is 14.8. The molecule has 0 fully saturated rings. The first-order chi connectivity index (χ1) is 12.9. The van der Waals surface area contributed by atoms with Gasteiger partial charge in [-0.15, -0.1) is 10.2 Å². The predicted molar refractivity (Wildman–Crippen MR) is 94.6 cm³/mol. The number of rotatable bonds is 6.